The summed E-state index contributed by atoms with van der Waals surface area (Å²) in [5.41, 5.74) is 7.68. The van der Waals surface area contributed by atoms with Crippen LogP contribution in [-0.2, 0) is 17.6 Å². The van der Waals surface area contributed by atoms with Gasteiger partial charge in [-0.2, -0.15) is 12.6 Å². The van der Waals surface area contributed by atoms with E-state index in [9.17, 15) is 4.79 Å². The third-order valence-electron chi connectivity index (χ3n) is 2.11. The van der Waals surface area contributed by atoms with E-state index in [4.69, 9.17) is 10.8 Å². The Hall–Kier alpha value is -1.00. The molecule has 4 heteroatoms. The Kier molecular flexibility index (Phi) is 4.65. The van der Waals surface area contributed by atoms with Gasteiger partial charge in [-0.25, -0.2) is 0 Å². The maximum Gasteiger partial charge on any atom is 0.307 e. The van der Waals surface area contributed by atoms with Gasteiger partial charge in [-0.05, 0) is 17.5 Å². The lowest BCUT2D eigenvalue weighted by atomic mass is 10.0. The first-order valence-corrected chi connectivity index (χ1v) is 5.41. The summed E-state index contributed by atoms with van der Waals surface area (Å²) in [5, 5.41) is 8.59. The molecule has 1 atom stereocenters. The smallest absolute Gasteiger partial charge is 0.307 e. The summed E-state index contributed by atoms with van der Waals surface area (Å²) in [5.74, 6) is -0.161. The minimum Gasteiger partial charge on any atom is -0.481 e. The Bertz CT molecular complexity index is 324. The molecule has 1 aromatic carbocycles. The molecule has 3 nitrogen and oxygen atoms in total. The van der Waals surface area contributed by atoms with E-state index in [1.165, 1.54) is 0 Å². The van der Waals surface area contributed by atoms with Gasteiger partial charge in [0.25, 0.3) is 0 Å². The van der Waals surface area contributed by atoms with Gasteiger partial charge in [-0.3, -0.25) is 4.79 Å². The Balaban J connectivity index is 2.60. The van der Waals surface area contributed by atoms with Gasteiger partial charge in [0, 0.05) is 11.8 Å². The van der Waals surface area contributed by atoms with Crippen LogP contribution in [0.3, 0.4) is 0 Å². The Morgan fingerprint density at radius 1 is 1.33 bits per heavy atom. The normalized spacial score (nSPS) is 12.4. The summed E-state index contributed by atoms with van der Waals surface area (Å²) >= 11 is 4.11. The molecule has 0 saturated heterocycles. The minimum absolute atomic E-state index is 0.0543. The van der Waals surface area contributed by atoms with Crippen LogP contribution >= 0.6 is 12.6 Å². The molecule has 0 aliphatic carbocycles. The third-order valence-corrected chi connectivity index (χ3v) is 2.58. The highest BCUT2D eigenvalue weighted by molar-refractivity contribution is 7.80. The average Bonchev–Trinajstić information content (AvgIpc) is 2.20. The van der Waals surface area contributed by atoms with Gasteiger partial charge in [0.15, 0.2) is 0 Å². The summed E-state index contributed by atoms with van der Waals surface area (Å²) in [4.78, 5) is 10.4. The van der Waals surface area contributed by atoms with Crippen LogP contribution in [0.15, 0.2) is 24.3 Å². The zero-order valence-corrected chi connectivity index (χ0v) is 9.28. The van der Waals surface area contributed by atoms with Crippen LogP contribution in [0, 0.1) is 0 Å². The molecular formula is C11H15NO2S. The van der Waals surface area contributed by atoms with Crippen molar-refractivity contribution in [2.75, 3.05) is 5.75 Å². The Morgan fingerprint density at radius 2 is 1.87 bits per heavy atom. The first kappa shape index (κ1) is 12.1. The highest BCUT2D eigenvalue weighted by Crippen LogP contribution is 2.07. The van der Waals surface area contributed by atoms with Gasteiger partial charge >= 0.3 is 5.97 Å². The predicted octanol–water partition coefficient (Wildman–Crippen LogP) is 1.11. The van der Waals surface area contributed by atoms with E-state index < -0.39 is 5.97 Å². The molecule has 0 amide bonds. The van der Waals surface area contributed by atoms with Crippen molar-refractivity contribution in [3.05, 3.63) is 35.4 Å². The zero-order chi connectivity index (χ0) is 11.3. The number of hydrogen-bond donors (Lipinski definition) is 3. The van der Waals surface area contributed by atoms with Gasteiger partial charge in [-0.15, -0.1) is 0 Å². The quantitative estimate of drug-likeness (QED) is 0.658. The molecule has 0 aliphatic heterocycles. The van der Waals surface area contributed by atoms with Crippen molar-refractivity contribution in [2.45, 2.75) is 18.9 Å². The number of benzene rings is 1. The van der Waals surface area contributed by atoms with Crippen molar-refractivity contribution in [3.63, 3.8) is 0 Å². The molecule has 0 unspecified atom stereocenters. The van der Waals surface area contributed by atoms with Crippen molar-refractivity contribution in [1.82, 2.24) is 0 Å². The maximum absolute atomic E-state index is 10.4. The summed E-state index contributed by atoms with van der Waals surface area (Å²) in [6, 6.07) is 7.55. The van der Waals surface area contributed by atoms with E-state index in [2.05, 4.69) is 12.6 Å². The SMILES string of the molecule is N[C@@H](CS)Cc1ccc(CC(=O)O)cc1. The topological polar surface area (TPSA) is 63.3 Å². The van der Waals surface area contributed by atoms with E-state index in [1.54, 1.807) is 0 Å². The lowest BCUT2D eigenvalue weighted by Crippen LogP contribution is -2.24. The summed E-state index contributed by atoms with van der Waals surface area (Å²) in [7, 11) is 0. The Morgan fingerprint density at radius 3 is 2.33 bits per heavy atom. The van der Waals surface area contributed by atoms with Crippen molar-refractivity contribution in [2.24, 2.45) is 5.73 Å². The van der Waals surface area contributed by atoms with Crippen LogP contribution in [0.4, 0.5) is 0 Å². The standard InChI is InChI=1S/C11H15NO2S/c12-10(7-15)5-8-1-3-9(4-2-8)6-11(13)14/h1-4,10,15H,5-7,12H2,(H,13,14)/t10-/m1/s1. The van der Waals surface area contributed by atoms with Crippen LogP contribution in [0.5, 0.6) is 0 Å². The number of hydrogen-bond acceptors (Lipinski definition) is 3. The largest absolute Gasteiger partial charge is 0.481 e. The van der Waals surface area contributed by atoms with E-state index in [0.29, 0.717) is 5.75 Å². The fourth-order valence-corrected chi connectivity index (χ4v) is 1.46. The van der Waals surface area contributed by atoms with Gasteiger partial charge in [-0.1, -0.05) is 24.3 Å². The minimum atomic E-state index is -0.810. The van der Waals surface area contributed by atoms with E-state index in [1.807, 2.05) is 24.3 Å². The second-order valence-corrected chi connectivity index (χ2v) is 3.90. The second kappa shape index (κ2) is 5.78. The highest BCUT2D eigenvalue weighted by Gasteiger charge is 2.03. The molecule has 0 spiro atoms. The van der Waals surface area contributed by atoms with Crippen molar-refractivity contribution in [3.8, 4) is 0 Å². The highest BCUT2D eigenvalue weighted by atomic mass is 32.1. The summed E-state index contributed by atoms with van der Waals surface area (Å²) in [6.07, 6.45) is 0.843. The molecule has 0 radical (unpaired) electrons. The molecule has 3 N–H and O–H groups in total. The van der Waals surface area contributed by atoms with E-state index in [0.717, 1.165) is 17.5 Å². The number of carbonyl (C=O) groups is 1. The lowest BCUT2D eigenvalue weighted by Gasteiger charge is -2.08. The van der Waals surface area contributed by atoms with E-state index >= 15 is 0 Å². The predicted molar refractivity (Wildman–Crippen MR) is 63.3 cm³/mol. The lowest BCUT2D eigenvalue weighted by molar-refractivity contribution is -0.136. The molecule has 0 fully saturated rings. The molecule has 1 rings (SSSR count). The van der Waals surface area contributed by atoms with Crippen LogP contribution in [0.2, 0.25) is 0 Å². The number of rotatable bonds is 5. The molecule has 15 heavy (non-hydrogen) atoms. The summed E-state index contributed by atoms with van der Waals surface area (Å²) < 4.78 is 0. The fourth-order valence-electron chi connectivity index (χ4n) is 1.34. The number of carboxylic acids is 1. The van der Waals surface area contributed by atoms with E-state index in [-0.39, 0.29) is 12.5 Å². The van der Waals surface area contributed by atoms with Crippen LogP contribution in [0.25, 0.3) is 0 Å². The van der Waals surface area contributed by atoms with Crippen molar-refractivity contribution >= 4 is 18.6 Å². The van der Waals surface area contributed by atoms with Crippen LogP contribution in [-0.4, -0.2) is 22.9 Å². The number of aliphatic carboxylic acids is 1. The molecule has 0 aromatic heterocycles. The van der Waals surface area contributed by atoms with Gasteiger partial charge < -0.3 is 10.8 Å². The molecule has 0 heterocycles. The number of carboxylic acid groups (broad SMARTS) is 1. The Labute approximate surface area is 94.7 Å². The molecule has 0 bridgehead atoms. The number of thiol groups is 1. The molecular weight excluding hydrogens is 210 g/mol. The summed E-state index contributed by atoms with van der Waals surface area (Å²) in [6.45, 7) is 0. The van der Waals surface area contributed by atoms with Gasteiger partial charge in [0.2, 0.25) is 0 Å². The first-order valence-electron chi connectivity index (χ1n) is 4.78. The fraction of sp³-hybridized carbons (Fsp3) is 0.364. The first-order chi connectivity index (χ1) is 7.11. The second-order valence-electron chi connectivity index (χ2n) is 3.53. The van der Waals surface area contributed by atoms with Crippen LogP contribution in [0.1, 0.15) is 11.1 Å². The van der Waals surface area contributed by atoms with Gasteiger partial charge in [0.1, 0.15) is 0 Å². The molecule has 1 aromatic rings. The molecule has 82 valence electrons. The maximum atomic E-state index is 10.4. The molecule has 0 saturated carbocycles. The molecule has 0 aliphatic rings. The average molecular weight is 225 g/mol. The van der Waals surface area contributed by atoms with Crippen molar-refractivity contribution < 1.29 is 9.90 Å². The third kappa shape index (κ3) is 4.36. The van der Waals surface area contributed by atoms with Crippen LogP contribution < -0.4 is 5.73 Å². The van der Waals surface area contributed by atoms with Crippen molar-refractivity contribution in [1.29, 1.82) is 0 Å². The zero-order valence-electron chi connectivity index (χ0n) is 8.39. The van der Waals surface area contributed by atoms with Gasteiger partial charge in [0.05, 0.1) is 6.42 Å². The number of nitrogens with two attached hydrogens (primary N) is 1. The monoisotopic (exact) mass is 225 g/mol.